The van der Waals surface area contributed by atoms with Crippen LogP contribution in [0.25, 0.3) is 6.08 Å². The van der Waals surface area contributed by atoms with Crippen LogP contribution in [-0.2, 0) is 14.3 Å². The van der Waals surface area contributed by atoms with Gasteiger partial charge in [-0.3, -0.25) is 9.59 Å². The van der Waals surface area contributed by atoms with E-state index in [0.717, 1.165) is 5.56 Å². The molecule has 0 saturated heterocycles. The molecular formula is C41H52N2O10. The monoisotopic (exact) mass is 732 g/mol. The molecule has 0 saturated carbocycles. The number of hydrogen-bond donors (Lipinski definition) is 3. The van der Waals surface area contributed by atoms with Gasteiger partial charge in [-0.15, -0.1) is 0 Å². The number of Topliss-reactive ketones (excluding diaryl/α,β-unsaturated/α-hetero) is 1. The van der Waals surface area contributed by atoms with Gasteiger partial charge in [0, 0.05) is 37.3 Å². The maximum atomic E-state index is 13.9. The Labute approximate surface area is 311 Å². The van der Waals surface area contributed by atoms with Crippen molar-refractivity contribution in [2.24, 2.45) is 0 Å². The number of rotatable bonds is 12. The van der Waals surface area contributed by atoms with Crippen molar-refractivity contribution in [3.05, 3.63) is 76.4 Å². The molecule has 1 aliphatic heterocycles. The van der Waals surface area contributed by atoms with E-state index in [9.17, 15) is 24.6 Å². The van der Waals surface area contributed by atoms with Crippen LogP contribution in [0.15, 0.2) is 48.5 Å². The highest BCUT2D eigenvalue weighted by atomic mass is 16.5. The Balaban J connectivity index is 1.81. The lowest BCUT2D eigenvalue weighted by Crippen LogP contribution is -2.35. The number of benzene rings is 3. The third-order valence-electron chi connectivity index (χ3n) is 9.50. The number of carbonyl (C=O) groups is 3. The van der Waals surface area contributed by atoms with E-state index in [-0.39, 0.29) is 53.1 Å². The zero-order valence-corrected chi connectivity index (χ0v) is 31.7. The van der Waals surface area contributed by atoms with Gasteiger partial charge in [0.2, 0.25) is 11.7 Å². The number of hydrogen-bond acceptors (Lipinski definition) is 11. The quantitative estimate of drug-likeness (QED) is 0.174. The van der Waals surface area contributed by atoms with E-state index in [2.05, 4.69) is 5.32 Å². The number of nitrogens with one attached hydrogen (secondary N) is 1. The molecule has 1 amide bonds. The number of phenolic OH excluding ortho intramolecular Hbond substituents is 2. The van der Waals surface area contributed by atoms with E-state index in [0.29, 0.717) is 67.1 Å². The number of aromatic hydroxyl groups is 2. The van der Waals surface area contributed by atoms with Gasteiger partial charge in [-0.1, -0.05) is 24.3 Å². The van der Waals surface area contributed by atoms with E-state index in [1.54, 1.807) is 38.3 Å². The van der Waals surface area contributed by atoms with Gasteiger partial charge in [0.1, 0.15) is 28.6 Å². The highest BCUT2D eigenvalue weighted by Crippen LogP contribution is 2.47. The number of fused-ring (bicyclic) bond motifs is 1. The Morgan fingerprint density at radius 2 is 1.58 bits per heavy atom. The first-order valence-electron chi connectivity index (χ1n) is 17.8. The second-order valence-corrected chi connectivity index (χ2v) is 13.3. The molecule has 53 heavy (non-hydrogen) atoms. The number of likely N-dealkylation sites (N-methyl/N-ethyl adjacent to an activating group) is 1. The van der Waals surface area contributed by atoms with Gasteiger partial charge >= 0.3 is 5.97 Å². The lowest BCUT2D eigenvalue weighted by atomic mass is 9.84. The fraction of sp³-hybridized carbons (Fsp3) is 0.439. The summed E-state index contributed by atoms with van der Waals surface area (Å²) in [5.74, 6) is -1.23. The normalized spacial score (nSPS) is 16.5. The molecule has 12 heteroatoms. The molecule has 3 N–H and O–H groups in total. The molecule has 1 aliphatic rings. The number of esters is 1. The number of phenols is 2. The molecule has 2 unspecified atom stereocenters. The highest BCUT2D eigenvalue weighted by Gasteiger charge is 2.32. The van der Waals surface area contributed by atoms with Crippen molar-refractivity contribution < 1.29 is 48.3 Å². The zero-order valence-electron chi connectivity index (χ0n) is 31.7. The van der Waals surface area contributed by atoms with Crippen molar-refractivity contribution >= 4 is 23.7 Å². The fourth-order valence-electron chi connectivity index (χ4n) is 6.60. The van der Waals surface area contributed by atoms with E-state index in [1.165, 1.54) is 27.4 Å². The molecule has 0 fully saturated rings. The smallest absolute Gasteiger partial charge is 0.342 e. The van der Waals surface area contributed by atoms with Crippen LogP contribution in [-0.4, -0.2) is 88.0 Å². The van der Waals surface area contributed by atoms with Gasteiger partial charge in [0.05, 0.1) is 40.6 Å². The molecule has 12 nitrogen and oxygen atoms in total. The molecule has 286 valence electrons. The Bertz CT molecular complexity index is 1740. The summed E-state index contributed by atoms with van der Waals surface area (Å²) in [7, 11) is 9.82. The Morgan fingerprint density at radius 1 is 0.925 bits per heavy atom. The van der Waals surface area contributed by atoms with Crippen LogP contribution in [0, 0.1) is 0 Å². The number of cyclic esters (lactones) is 1. The van der Waals surface area contributed by atoms with Crippen molar-refractivity contribution in [3.8, 4) is 34.5 Å². The molecule has 4 rings (SSSR count). The minimum atomic E-state index is -0.999. The van der Waals surface area contributed by atoms with Crippen molar-refractivity contribution in [3.63, 3.8) is 0 Å². The zero-order chi connectivity index (χ0) is 38.7. The number of allylic oxidation sites excluding steroid dienone is 1. The average Bonchev–Trinajstić information content (AvgIpc) is 3.13. The van der Waals surface area contributed by atoms with Crippen molar-refractivity contribution in [2.75, 3.05) is 49.1 Å². The first-order valence-corrected chi connectivity index (χ1v) is 17.8. The summed E-state index contributed by atoms with van der Waals surface area (Å²) in [5, 5.41) is 26.7. The topological polar surface area (TPSA) is 153 Å². The van der Waals surface area contributed by atoms with Crippen LogP contribution >= 0.6 is 0 Å². The van der Waals surface area contributed by atoms with E-state index in [1.807, 2.05) is 43.3 Å². The summed E-state index contributed by atoms with van der Waals surface area (Å²) in [5.41, 5.74) is 1.47. The van der Waals surface area contributed by atoms with Gasteiger partial charge in [-0.05, 0) is 93.7 Å². The SMILES string of the molecule is COc1ccc(C(CNC(=O)CC(c2cc(OC)c(OC)c(OC)c2)c2c(O)cc3c(c2O)C(=O)O[C@@H](C)CCCC(=O)CCCC=C3)N(C)C)cc1. The predicted molar refractivity (Wildman–Crippen MR) is 201 cm³/mol. The number of nitrogens with zero attached hydrogens (tertiary/aromatic N) is 1. The molecule has 1 heterocycles. The number of ether oxygens (including phenoxy) is 5. The molecule has 3 aromatic carbocycles. The van der Waals surface area contributed by atoms with Gasteiger partial charge < -0.3 is 44.1 Å². The lowest BCUT2D eigenvalue weighted by Gasteiger charge is -2.27. The van der Waals surface area contributed by atoms with E-state index < -0.39 is 23.7 Å². The third-order valence-corrected chi connectivity index (χ3v) is 9.50. The summed E-state index contributed by atoms with van der Waals surface area (Å²) in [4.78, 5) is 42.0. The van der Waals surface area contributed by atoms with Gasteiger partial charge in [0.25, 0.3) is 0 Å². The summed E-state index contributed by atoms with van der Waals surface area (Å²) < 4.78 is 27.8. The number of ketones is 1. The Morgan fingerprint density at radius 3 is 2.19 bits per heavy atom. The number of carbonyl (C=O) groups excluding carboxylic acids is 3. The van der Waals surface area contributed by atoms with Crippen molar-refractivity contribution in [2.45, 2.75) is 69.9 Å². The largest absolute Gasteiger partial charge is 0.507 e. The minimum Gasteiger partial charge on any atom is -0.507 e. The predicted octanol–water partition coefficient (Wildman–Crippen LogP) is 6.56. The molecule has 0 radical (unpaired) electrons. The molecule has 0 aromatic heterocycles. The molecular weight excluding hydrogens is 680 g/mol. The van der Waals surface area contributed by atoms with Gasteiger partial charge in [-0.2, -0.15) is 0 Å². The second kappa shape index (κ2) is 19.0. The Hall–Kier alpha value is -5.23. The molecule has 0 spiro atoms. The summed E-state index contributed by atoms with van der Waals surface area (Å²) in [6, 6.07) is 12.1. The maximum absolute atomic E-state index is 13.9. The molecule has 0 aliphatic carbocycles. The van der Waals surface area contributed by atoms with E-state index >= 15 is 0 Å². The van der Waals surface area contributed by atoms with Crippen LogP contribution in [0.3, 0.4) is 0 Å². The maximum Gasteiger partial charge on any atom is 0.342 e. The number of amides is 1. The molecule has 3 aromatic rings. The van der Waals surface area contributed by atoms with Crippen LogP contribution in [0.4, 0.5) is 0 Å². The van der Waals surface area contributed by atoms with Crippen LogP contribution in [0.5, 0.6) is 34.5 Å². The third kappa shape index (κ3) is 10.2. The highest BCUT2D eigenvalue weighted by molar-refractivity contribution is 5.98. The Kier molecular flexibility index (Phi) is 14.5. The molecule has 0 bridgehead atoms. The second-order valence-electron chi connectivity index (χ2n) is 13.3. The first-order chi connectivity index (χ1) is 25.4. The van der Waals surface area contributed by atoms with Crippen molar-refractivity contribution in [1.82, 2.24) is 10.2 Å². The summed E-state index contributed by atoms with van der Waals surface area (Å²) in [6.07, 6.45) is 5.69. The summed E-state index contributed by atoms with van der Waals surface area (Å²) in [6.45, 7) is 1.99. The fourth-order valence-corrected chi connectivity index (χ4v) is 6.60. The lowest BCUT2D eigenvalue weighted by molar-refractivity contribution is -0.121. The van der Waals surface area contributed by atoms with E-state index in [4.69, 9.17) is 23.7 Å². The first kappa shape index (κ1) is 40.5. The van der Waals surface area contributed by atoms with Crippen molar-refractivity contribution in [1.29, 1.82) is 0 Å². The molecule has 3 atom stereocenters. The van der Waals surface area contributed by atoms with Crippen LogP contribution in [0.2, 0.25) is 0 Å². The minimum absolute atomic E-state index is 0.0443. The average molecular weight is 733 g/mol. The van der Waals surface area contributed by atoms with Gasteiger partial charge in [-0.25, -0.2) is 4.79 Å². The van der Waals surface area contributed by atoms with Crippen LogP contribution in [0.1, 0.15) is 96.4 Å². The number of methoxy groups -OCH3 is 4. The summed E-state index contributed by atoms with van der Waals surface area (Å²) >= 11 is 0. The van der Waals surface area contributed by atoms with Crippen LogP contribution < -0.4 is 24.3 Å². The standard InChI is InChI=1S/C41H52N2O10/c1-25-12-11-15-29(44)14-10-8-9-13-27-20-33(45)38(39(47)37(27)41(48)53-25)31(28-21-34(50-5)40(52-7)35(22-28)51-6)23-36(46)42-24-32(43(2)3)26-16-18-30(49-4)19-17-26/h9,13,16-22,25,31-32,45,47H,8,10-12,14-15,23-24H2,1-7H3,(H,42,46)/t25-,31?,32?/m0/s1. The van der Waals surface area contributed by atoms with Gasteiger partial charge in [0.15, 0.2) is 11.5 Å².